The molecule has 2 aliphatic rings. The predicted octanol–water partition coefficient (Wildman–Crippen LogP) is 0.388. The van der Waals surface area contributed by atoms with Gasteiger partial charge >= 0.3 is 0 Å². The zero-order valence-corrected chi connectivity index (χ0v) is 15.3. The molecule has 144 valence electrons. The van der Waals surface area contributed by atoms with E-state index < -0.39 is 0 Å². The van der Waals surface area contributed by atoms with E-state index in [4.69, 9.17) is 14.2 Å². The molecule has 27 heavy (non-hydrogen) atoms. The molecule has 2 atom stereocenters. The number of hydrazine groups is 1. The Kier molecular flexibility index (Phi) is 4.87. The summed E-state index contributed by atoms with van der Waals surface area (Å²) in [6, 6.07) is 5.22. The first kappa shape index (κ1) is 17.6. The second-order valence-corrected chi connectivity index (χ2v) is 6.73. The van der Waals surface area contributed by atoms with Crippen molar-refractivity contribution in [3.05, 3.63) is 35.7 Å². The lowest BCUT2D eigenvalue weighted by Gasteiger charge is -2.12. The third kappa shape index (κ3) is 3.99. The van der Waals surface area contributed by atoms with Gasteiger partial charge in [0.2, 0.25) is 12.7 Å². The van der Waals surface area contributed by atoms with Crippen molar-refractivity contribution in [3.63, 3.8) is 0 Å². The fourth-order valence-electron chi connectivity index (χ4n) is 3.19. The van der Waals surface area contributed by atoms with Crippen LogP contribution >= 0.6 is 0 Å². The van der Waals surface area contributed by atoms with Crippen LogP contribution in [0.3, 0.4) is 0 Å². The summed E-state index contributed by atoms with van der Waals surface area (Å²) in [5.41, 5.74) is 8.08. The molecule has 1 aromatic carbocycles. The molecule has 3 N–H and O–H groups in total. The second kappa shape index (κ2) is 7.45. The van der Waals surface area contributed by atoms with Crippen LogP contribution in [0, 0.1) is 6.92 Å². The molecule has 2 unspecified atom stereocenters. The van der Waals surface area contributed by atoms with Gasteiger partial charge in [0.1, 0.15) is 18.4 Å². The Morgan fingerprint density at radius 1 is 1.37 bits per heavy atom. The minimum atomic E-state index is -0.299. The first-order valence-corrected chi connectivity index (χ1v) is 8.89. The Balaban J connectivity index is 1.23. The van der Waals surface area contributed by atoms with E-state index in [0.717, 1.165) is 17.0 Å². The smallest absolute Gasteiger partial charge is 0.238 e. The van der Waals surface area contributed by atoms with Crippen LogP contribution in [0.4, 0.5) is 0 Å². The van der Waals surface area contributed by atoms with Gasteiger partial charge < -0.3 is 19.5 Å². The van der Waals surface area contributed by atoms with Crippen molar-refractivity contribution in [1.82, 2.24) is 25.9 Å². The van der Waals surface area contributed by atoms with Crippen molar-refractivity contribution in [1.29, 1.82) is 0 Å². The van der Waals surface area contributed by atoms with E-state index in [-0.39, 0.29) is 24.8 Å². The number of hydrogen-bond donors (Lipinski definition) is 3. The number of nitrogens with one attached hydrogen (secondary N) is 3. The molecule has 1 amide bonds. The molecular formula is C18H23N5O4. The molecule has 0 radical (unpaired) electrons. The Morgan fingerprint density at radius 3 is 3.04 bits per heavy atom. The Bertz CT molecular complexity index is 837. The van der Waals surface area contributed by atoms with Gasteiger partial charge in [-0.15, -0.1) is 0 Å². The van der Waals surface area contributed by atoms with Crippen LogP contribution in [-0.2, 0) is 18.4 Å². The predicted molar refractivity (Wildman–Crippen MR) is 96.3 cm³/mol. The number of hydrogen-bond acceptors (Lipinski definition) is 7. The van der Waals surface area contributed by atoms with Gasteiger partial charge in [-0.2, -0.15) is 5.10 Å². The van der Waals surface area contributed by atoms with Crippen molar-refractivity contribution in [2.24, 2.45) is 7.05 Å². The largest absolute Gasteiger partial charge is 0.492 e. The summed E-state index contributed by atoms with van der Waals surface area (Å²) in [6.07, 6.45) is 2.56. The van der Waals surface area contributed by atoms with Gasteiger partial charge in [-0.25, -0.2) is 5.43 Å². The number of amides is 1. The topological polar surface area (TPSA) is 98.7 Å². The number of benzene rings is 1. The molecule has 2 aliphatic heterocycles. The molecule has 1 fully saturated rings. The normalized spacial score (nSPS) is 20.7. The van der Waals surface area contributed by atoms with E-state index >= 15 is 0 Å². The summed E-state index contributed by atoms with van der Waals surface area (Å²) in [5.74, 6) is 2.08. The molecule has 1 saturated heterocycles. The standard InChI is InChI=1S/C18H23N5O4/c1-11-12(8-23(2)22-11)7-19-18(24)15-5-13(20-21-15)9-25-14-3-4-16-17(6-14)27-10-26-16/h3-4,6,8,13,15,20-21H,5,7,9-10H2,1-2H3,(H,19,24). The number of carbonyl (C=O) groups is 1. The van der Waals surface area contributed by atoms with Gasteiger partial charge in [0, 0.05) is 31.4 Å². The molecule has 9 nitrogen and oxygen atoms in total. The average molecular weight is 373 g/mol. The maximum Gasteiger partial charge on any atom is 0.238 e. The lowest BCUT2D eigenvalue weighted by molar-refractivity contribution is -0.123. The van der Waals surface area contributed by atoms with Gasteiger partial charge in [0.05, 0.1) is 11.7 Å². The van der Waals surface area contributed by atoms with Gasteiger partial charge in [-0.3, -0.25) is 14.9 Å². The number of fused-ring (bicyclic) bond motifs is 1. The van der Waals surface area contributed by atoms with E-state index in [2.05, 4.69) is 21.3 Å². The lowest BCUT2D eigenvalue weighted by atomic mass is 10.1. The van der Waals surface area contributed by atoms with Crippen molar-refractivity contribution in [3.8, 4) is 17.2 Å². The molecule has 2 aromatic rings. The zero-order valence-electron chi connectivity index (χ0n) is 15.3. The average Bonchev–Trinajstić information content (AvgIpc) is 3.37. The van der Waals surface area contributed by atoms with Crippen LogP contribution < -0.4 is 30.4 Å². The molecule has 1 aromatic heterocycles. The van der Waals surface area contributed by atoms with Crippen molar-refractivity contribution < 1.29 is 19.0 Å². The number of rotatable bonds is 6. The Labute approximate surface area is 156 Å². The molecule has 0 spiro atoms. The van der Waals surface area contributed by atoms with Crippen molar-refractivity contribution in [2.45, 2.75) is 32.0 Å². The number of nitrogens with zero attached hydrogens (tertiary/aromatic N) is 2. The molecule has 0 bridgehead atoms. The highest BCUT2D eigenvalue weighted by atomic mass is 16.7. The van der Waals surface area contributed by atoms with Crippen LogP contribution in [0.25, 0.3) is 0 Å². The molecule has 4 rings (SSSR count). The number of aryl methyl sites for hydroxylation is 2. The minimum absolute atomic E-state index is 0.0336. The summed E-state index contributed by atoms with van der Waals surface area (Å²) < 4.78 is 18.2. The highest BCUT2D eigenvalue weighted by molar-refractivity contribution is 5.82. The third-order valence-corrected chi connectivity index (χ3v) is 4.66. The highest BCUT2D eigenvalue weighted by Gasteiger charge is 2.29. The van der Waals surface area contributed by atoms with E-state index in [1.54, 1.807) is 4.68 Å². The van der Waals surface area contributed by atoms with E-state index in [0.29, 0.717) is 31.1 Å². The fraction of sp³-hybridized carbons (Fsp3) is 0.444. The summed E-state index contributed by atoms with van der Waals surface area (Å²) in [7, 11) is 1.87. The van der Waals surface area contributed by atoms with Gasteiger partial charge in [0.15, 0.2) is 11.5 Å². The first-order chi connectivity index (χ1) is 13.1. The Morgan fingerprint density at radius 2 is 2.22 bits per heavy atom. The summed E-state index contributed by atoms with van der Waals surface area (Å²) in [6.45, 7) is 3.08. The maximum atomic E-state index is 12.4. The molecule has 3 heterocycles. The minimum Gasteiger partial charge on any atom is -0.492 e. The van der Waals surface area contributed by atoms with Crippen LogP contribution in [0.1, 0.15) is 17.7 Å². The monoisotopic (exact) mass is 373 g/mol. The number of carbonyl (C=O) groups excluding carboxylic acids is 1. The van der Waals surface area contributed by atoms with E-state index in [1.807, 2.05) is 38.4 Å². The molecule has 0 saturated carbocycles. The summed E-state index contributed by atoms with van der Waals surface area (Å²) in [5, 5.41) is 7.23. The molecular weight excluding hydrogens is 350 g/mol. The van der Waals surface area contributed by atoms with Crippen LogP contribution in [0.2, 0.25) is 0 Å². The number of aromatic nitrogens is 2. The maximum absolute atomic E-state index is 12.4. The summed E-state index contributed by atoms with van der Waals surface area (Å²) in [4.78, 5) is 12.4. The van der Waals surface area contributed by atoms with Crippen LogP contribution in [-0.4, -0.2) is 41.2 Å². The molecule has 0 aliphatic carbocycles. The van der Waals surface area contributed by atoms with E-state index in [1.165, 1.54) is 0 Å². The van der Waals surface area contributed by atoms with Crippen LogP contribution in [0.15, 0.2) is 24.4 Å². The van der Waals surface area contributed by atoms with Crippen LogP contribution in [0.5, 0.6) is 17.2 Å². The van der Waals surface area contributed by atoms with E-state index in [9.17, 15) is 4.79 Å². The quantitative estimate of drug-likeness (QED) is 0.674. The van der Waals surface area contributed by atoms with Gasteiger partial charge in [0.25, 0.3) is 0 Å². The van der Waals surface area contributed by atoms with Gasteiger partial charge in [-0.1, -0.05) is 0 Å². The number of ether oxygens (including phenoxy) is 3. The molecule has 9 heteroatoms. The SMILES string of the molecule is Cc1nn(C)cc1CNC(=O)C1CC(COc2ccc3c(c2)OCO3)NN1. The highest BCUT2D eigenvalue weighted by Crippen LogP contribution is 2.35. The first-order valence-electron chi connectivity index (χ1n) is 8.89. The van der Waals surface area contributed by atoms with Crippen molar-refractivity contribution >= 4 is 5.91 Å². The lowest BCUT2D eigenvalue weighted by Crippen LogP contribution is -2.43. The summed E-state index contributed by atoms with van der Waals surface area (Å²) >= 11 is 0. The zero-order chi connectivity index (χ0) is 18.8. The van der Waals surface area contributed by atoms with Gasteiger partial charge in [-0.05, 0) is 25.5 Å². The van der Waals surface area contributed by atoms with Crippen molar-refractivity contribution in [2.75, 3.05) is 13.4 Å². The second-order valence-electron chi connectivity index (χ2n) is 6.73. The third-order valence-electron chi connectivity index (χ3n) is 4.66. The Hall–Kier alpha value is -2.78. The fourth-order valence-corrected chi connectivity index (χ4v) is 3.19.